The number of nitrogens with zero attached hydrogens (tertiary/aromatic N) is 6. The quantitative estimate of drug-likeness (QED) is 0.353. The highest BCUT2D eigenvalue weighted by Crippen LogP contribution is 2.40. The summed E-state index contributed by atoms with van der Waals surface area (Å²) < 4.78 is 1.83. The monoisotopic (exact) mass is 544 g/mol. The van der Waals surface area contributed by atoms with Crippen molar-refractivity contribution in [2.45, 2.75) is 18.9 Å². The van der Waals surface area contributed by atoms with E-state index in [4.69, 9.17) is 0 Å². The van der Waals surface area contributed by atoms with Gasteiger partial charge >= 0.3 is 0 Å². The number of carbonyl (C=O) groups is 1. The molecular formula is C28H28N6O6. The number of hydrogen-bond acceptors (Lipinski definition) is 8. The lowest BCUT2D eigenvalue weighted by Crippen LogP contribution is -2.49. The van der Waals surface area contributed by atoms with Gasteiger partial charge in [0.05, 0.1) is 9.85 Å². The molecule has 0 radical (unpaired) electrons. The van der Waals surface area contributed by atoms with Gasteiger partial charge in [0, 0.05) is 92.9 Å². The number of carbonyl (C=O) groups excluding carboxylic acids is 1. The number of benzene rings is 2. The zero-order valence-electron chi connectivity index (χ0n) is 21.7. The van der Waals surface area contributed by atoms with E-state index in [0.717, 1.165) is 17.8 Å². The van der Waals surface area contributed by atoms with Crippen molar-refractivity contribution >= 4 is 28.7 Å². The van der Waals surface area contributed by atoms with E-state index < -0.39 is 9.85 Å². The minimum Gasteiger partial charge on any atom is -0.368 e. The third kappa shape index (κ3) is 4.65. The molecule has 6 rings (SSSR count). The molecule has 0 spiro atoms. The minimum atomic E-state index is -0.441. The van der Waals surface area contributed by atoms with Gasteiger partial charge in [0.2, 0.25) is 0 Å². The van der Waals surface area contributed by atoms with E-state index in [0.29, 0.717) is 51.5 Å². The maximum atomic E-state index is 13.3. The lowest BCUT2D eigenvalue weighted by molar-refractivity contribution is -0.384. The van der Waals surface area contributed by atoms with Crippen LogP contribution in [0.4, 0.5) is 22.7 Å². The molecule has 0 saturated carbocycles. The van der Waals surface area contributed by atoms with Crippen molar-refractivity contribution in [3.8, 4) is 0 Å². The fourth-order valence-electron chi connectivity index (χ4n) is 6.30. The normalized spacial score (nSPS) is 20.1. The van der Waals surface area contributed by atoms with Crippen molar-refractivity contribution in [1.82, 2.24) is 9.47 Å². The fraction of sp³-hybridized carbons (Fsp3) is 0.357. The topological polar surface area (TPSA) is 135 Å². The van der Waals surface area contributed by atoms with Crippen LogP contribution in [0.1, 0.15) is 28.4 Å². The van der Waals surface area contributed by atoms with Crippen LogP contribution in [-0.4, -0.2) is 64.5 Å². The summed E-state index contributed by atoms with van der Waals surface area (Å²) in [6.45, 7) is 3.72. The SMILES string of the molecule is O=C(c1ccc(N2CC3CC(C2)c2cccc(=O)n2C3)c([N+](=O)[O-])c1)N1CCN(c2ccc([N+](=O)[O-])cc2)CC1. The van der Waals surface area contributed by atoms with E-state index in [-0.39, 0.29) is 40.2 Å². The first kappa shape index (κ1) is 25.5. The van der Waals surface area contributed by atoms with E-state index in [9.17, 15) is 29.8 Å². The number of fused-ring (bicyclic) bond motifs is 4. The average molecular weight is 545 g/mol. The molecule has 2 saturated heterocycles. The Bertz CT molecular complexity index is 1550. The van der Waals surface area contributed by atoms with Gasteiger partial charge in [-0.05, 0) is 42.7 Å². The molecule has 0 N–H and O–H groups in total. The molecule has 12 heteroatoms. The molecule has 2 bridgehead atoms. The second kappa shape index (κ2) is 10.1. The van der Waals surface area contributed by atoms with Gasteiger partial charge < -0.3 is 19.3 Å². The lowest BCUT2D eigenvalue weighted by Gasteiger charge is -2.43. The number of anilines is 2. The van der Waals surface area contributed by atoms with Crippen LogP contribution in [0.25, 0.3) is 0 Å². The first-order valence-electron chi connectivity index (χ1n) is 13.3. The fourth-order valence-corrected chi connectivity index (χ4v) is 6.30. The van der Waals surface area contributed by atoms with Gasteiger partial charge in [-0.15, -0.1) is 0 Å². The van der Waals surface area contributed by atoms with Gasteiger partial charge in [-0.25, -0.2) is 0 Å². The summed E-state index contributed by atoms with van der Waals surface area (Å²) in [6.07, 6.45) is 0.941. The zero-order chi connectivity index (χ0) is 28.0. The van der Waals surface area contributed by atoms with Crippen molar-refractivity contribution < 1.29 is 14.6 Å². The van der Waals surface area contributed by atoms with E-state index in [2.05, 4.69) is 4.90 Å². The zero-order valence-corrected chi connectivity index (χ0v) is 21.7. The summed E-state index contributed by atoms with van der Waals surface area (Å²) in [7, 11) is 0. The molecule has 3 aromatic rings. The van der Waals surface area contributed by atoms with Crippen LogP contribution in [0.2, 0.25) is 0 Å². The first-order chi connectivity index (χ1) is 19.3. The van der Waals surface area contributed by atoms with Gasteiger partial charge in [0.25, 0.3) is 22.8 Å². The van der Waals surface area contributed by atoms with Gasteiger partial charge in [-0.1, -0.05) is 6.07 Å². The van der Waals surface area contributed by atoms with Gasteiger partial charge in [0.15, 0.2) is 0 Å². The molecule has 2 atom stereocenters. The number of non-ortho nitro benzene ring substituents is 1. The molecule has 2 unspecified atom stereocenters. The van der Waals surface area contributed by atoms with Crippen molar-refractivity contribution in [2.75, 3.05) is 49.1 Å². The van der Waals surface area contributed by atoms with Crippen LogP contribution in [0.3, 0.4) is 0 Å². The van der Waals surface area contributed by atoms with Gasteiger partial charge in [0.1, 0.15) is 5.69 Å². The number of pyridine rings is 1. The molecular weight excluding hydrogens is 516 g/mol. The molecule has 2 fully saturated rings. The largest absolute Gasteiger partial charge is 0.368 e. The van der Waals surface area contributed by atoms with E-state index in [1.807, 2.05) is 15.5 Å². The Morgan fingerprint density at radius 1 is 0.825 bits per heavy atom. The average Bonchev–Trinajstić information content (AvgIpc) is 2.97. The van der Waals surface area contributed by atoms with Crippen LogP contribution >= 0.6 is 0 Å². The predicted octanol–water partition coefficient (Wildman–Crippen LogP) is 3.25. The number of aromatic nitrogens is 1. The highest BCUT2D eigenvalue weighted by atomic mass is 16.6. The molecule has 206 valence electrons. The third-order valence-corrected chi connectivity index (χ3v) is 8.23. The maximum absolute atomic E-state index is 13.3. The van der Waals surface area contributed by atoms with Crippen molar-refractivity contribution in [2.24, 2.45) is 5.92 Å². The maximum Gasteiger partial charge on any atom is 0.293 e. The highest BCUT2D eigenvalue weighted by Gasteiger charge is 2.37. The molecule has 1 aromatic heterocycles. The van der Waals surface area contributed by atoms with Crippen molar-refractivity contribution in [1.29, 1.82) is 0 Å². The van der Waals surface area contributed by atoms with Crippen molar-refractivity contribution in [3.63, 3.8) is 0 Å². The Morgan fingerprint density at radius 2 is 1.57 bits per heavy atom. The van der Waals surface area contributed by atoms with Crippen LogP contribution < -0.4 is 15.4 Å². The summed E-state index contributed by atoms with van der Waals surface area (Å²) in [6, 6.07) is 16.3. The number of piperidine rings is 1. The number of nitro groups is 2. The molecule has 12 nitrogen and oxygen atoms in total. The Labute approximate surface area is 229 Å². The molecule has 4 heterocycles. The third-order valence-electron chi connectivity index (χ3n) is 8.23. The summed E-state index contributed by atoms with van der Waals surface area (Å²) in [5, 5.41) is 23.0. The van der Waals surface area contributed by atoms with Crippen molar-refractivity contribution in [3.05, 3.63) is 103 Å². The van der Waals surface area contributed by atoms with Crippen LogP contribution in [0, 0.1) is 26.1 Å². The summed E-state index contributed by atoms with van der Waals surface area (Å²) >= 11 is 0. The smallest absolute Gasteiger partial charge is 0.293 e. The van der Waals surface area contributed by atoms with Crippen LogP contribution in [-0.2, 0) is 6.54 Å². The molecule has 3 aliphatic heterocycles. The Kier molecular flexibility index (Phi) is 6.45. The van der Waals surface area contributed by atoms with Crippen LogP contribution in [0.5, 0.6) is 0 Å². The highest BCUT2D eigenvalue weighted by molar-refractivity contribution is 5.96. The number of amides is 1. The molecule has 0 aliphatic carbocycles. The van der Waals surface area contributed by atoms with E-state index >= 15 is 0 Å². The number of hydrogen-bond donors (Lipinski definition) is 0. The molecule has 1 amide bonds. The van der Waals surface area contributed by atoms with E-state index in [1.165, 1.54) is 18.2 Å². The molecule has 40 heavy (non-hydrogen) atoms. The predicted molar refractivity (Wildman–Crippen MR) is 148 cm³/mol. The number of piperazine rings is 1. The first-order valence-corrected chi connectivity index (χ1v) is 13.3. The minimum absolute atomic E-state index is 0.0110. The number of rotatable bonds is 5. The Morgan fingerprint density at radius 3 is 2.27 bits per heavy atom. The van der Waals surface area contributed by atoms with Gasteiger partial charge in [-0.3, -0.25) is 29.8 Å². The Hall–Kier alpha value is -4.74. The summed E-state index contributed by atoms with van der Waals surface area (Å²) in [4.78, 5) is 53.6. The second-order valence-electron chi connectivity index (χ2n) is 10.6. The second-order valence-corrected chi connectivity index (χ2v) is 10.6. The molecule has 2 aromatic carbocycles. The van der Waals surface area contributed by atoms with E-state index in [1.54, 1.807) is 41.3 Å². The number of nitro benzene ring substituents is 2. The summed E-state index contributed by atoms with van der Waals surface area (Å²) in [5.41, 5.74) is 2.49. The lowest BCUT2D eigenvalue weighted by atomic mass is 9.83. The molecule has 3 aliphatic rings. The standard InChI is InChI=1S/C28H28N6O6/c35-27-3-1-2-24-21-14-19(17-32(24)27)16-31(18-21)25-9-4-20(15-26(25)34(39)40)28(36)30-12-10-29(11-13-30)22-5-7-23(8-6-22)33(37)38/h1-9,15,19,21H,10-14,16-18H2. The Balaban J connectivity index is 1.17. The summed E-state index contributed by atoms with van der Waals surface area (Å²) in [5.74, 6) is 0.0514. The van der Waals surface area contributed by atoms with Crippen LogP contribution in [0.15, 0.2) is 65.5 Å². The van der Waals surface area contributed by atoms with Gasteiger partial charge in [-0.2, -0.15) is 0 Å².